The van der Waals surface area contributed by atoms with Gasteiger partial charge in [0.1, 0.15) is 0 Å². The SMILES string of the molecule is COC(=O)c1ccc(CN2CCN(Cc3ccc(OC)c(OC)c3OC)CC2)c([N+](=O)[O-])c1. The summed E-state index contributed by atoms with van der Waals surface area (Å²) in [6.07, 6.45) is 0. The normalized spacial score (nSPS) is 14.5. The Bertz CT molecular complexity index is 1000. The van der Waals surface area contributed by atoms with Crippen LogP contribution in [0.5, 0.6) is 17.2 Å². The number of carbonyl (C=O) groups is 1. The zero-order valence-electron chi connectivity index (χ0n) is 19.3. The quantitative estimate of drug-likeness (QED) is 0.318. The maximum Gasteiger partial charge on any atom is 0.338 e. The second-order valence-electron chi connectivity index (χ2n) is 7.64. The fraction of sp³-hybridized carbons (Fsp3) is 0.435. The van der Waals surface area contributed by atoms with Gasteiger partial charge in [0, 0.05) is 56.5 Å². The predicted octanol–water partition coefficient (Wildman–Crippen LogP) is 2.73. The van der Waals surface area contributed by atoms with E-state index >= 15 is 0 Å². The highest BCUT2D eigenvalue weighted by atomic mass is 16.6. The van der Waals surface area contributed by atoms with E-state index in [9.17, 15) is 14.9 Å². The van der Waals surface area contributed by atoms with E-state index < -0.39 is 10.9 Å². The second kappa shape index (κ2) is 11.0. The third kappa shape index (κ3) is 5.52. The van der Waals surface area contributed by atoms with Crippen molar-refractivity contribution >= 4 is 11.7 Å². The van der Waals surface area contributed by atoms with Crippen LogP contribution in [0, 0.1) is 10.1 Å². The summed E-state index contributed by atoms with van der Waals surface area (Å²) in [7, 11) is 6.03. The standard InChI is InChI=1S/C23H29N3O7/c1-30-20-8-7-18(21(31-2)22(20)32-3)15-25-11-9-24(10-12-25)14-17-6-5-16(23(27)33-4)13-19(17)26(28)29/h5-8,13H,9-12,14-15H2,1-4H3. The zero-order chi connectivity index (χ0) is 24.0. The van der Waals surface area contributed by atoms with Crippen LogP contribution in [0.3, 0.4) is 0 Å². The predicted molar refractivity (Wildman–Crippen MR) is 121 cm³/mol. The maximum absolute atomic E-state index is 11.7. The fourth-order valence-corrected chi connectivity index (χ4v) is 3.99. The first kappa shape index (κ1) is 24.3. The van der Waals surface area contributed by atoms with Gasteiger partial charge < -0.3 is 18.9 Å². The molecular formula is C23H29N3O7. The van der Waals surface area contributed by atoms with Crippen LogP contribution in [0.2, 0.25) is 0 Å². The van der Waals surface area contributed by atoms with E-state index in [2.05, 4.69) is 14.5 Å². The highest BCUT2D eigenvalue weighted by Gasteiger charge is 2.24. The van der Waals surface area contributed by atoms with Gasteiger partial charge in [0.05, 0.1) is 38.9 Å². The molecule has 1 aliphatic heterocycles. The number of hydrogen-bond acceptors (Lipinski definition) is 9. The lowest BCUT2D eigenvalue weighted by atomic mass is 10.1. The Morgan fingerprint density at radius 1 is 0.879 bits per heavy atom. The number of carbonyl (C=O) groups excluding carboxylic acids is 1. The summed E-state index contributed by atoms with van der Waals surface area (Å²) in [6, 6.07) is 8.31. The summed E-state index contributed by atoms with van der Waals surface area (Å²) in [5.74, 6) is 1.24. The molecule has 10 nitrogen and oxygen atoms in total. The molecule has 178 valence electrons. The summed E-state index contributed by atoms with van der Waals surface area (Å²) in [5.41, 5.74) is 1.66. The van der Waals surface area contributed by atoms with Gasteiger partial charge in [0.2, 0.25) is 5.75 Å². The molecule has 0 saturated carbocycles. The van der Waals surface area contributed by atoms with Crippen molar-refractivity contribution in [1.29, 1.82) is 0 Å². The highest BCUT2D eigenvalue weighted by molar-refractivity contribution is 5.90. The van der Waals surface area contributed by atoms with Crippen LogP contribution in [0.15, 0.2) is 30.3 Å². The third-order valence-corrected chi connectivity index (χ3v) is 5.74. The first-order valence-electron chi connectivity index (χ1n) is 10.5. The fourth-order valence-electron chi connectivity index (χ4n) is 3.99. The first-order valence-corrected chi connectivity index (χ1v) is 10.5. The van der Waals surface area contributed by atoms with Crippen molar-refractivity contribution in [3.8, 4) is 17.2 Å². The van der Waals surface area contributed by atoms with Crippen molar-refractivity contribution in [2.75, 3.05) is 54.6 Å². The maximum atomic E-state index is 11.7. The Morgan fingerprint density at radius 3 is 1.97 bits per heavy atom. The van der Waals surface area contributed by atoms with E-state index in [0.717, 1.165) is 31.7 Å². The minimum absolute atomic E-state index is 0.0737. The van der Waals surface area contributed by atoms with Gasteiger partial charge in [-0.3, -0.25) is 19.9 Å². The van der Waals surface area contributed by atoms with Gasteiger partial charge in [-0.15, -0.1) is 0 Å². The van der Waals surface area contributed by atoms with Crippen molar-refractivity contribution in [1.82, 2.24) is 9.80 Å². The van der Waals surface area contributed by atoms with Crippen LogP contribution >= 0.6 is 0 Å². The van der Waals surface area contributed by atoms with Crippen molar-refractivity contribution in [3.63, 3.8) is 0 Å². The second-order valence-corrected chi connectivity index (χ2v) is 7.64. The Morgan fingerprint density at radius 2 is 1.45 bits per heavy atom. The molecule has 0 unspecified atom stereocenters. The molecule has 0 bridgehead atoms. The molecule has 3 rings (SSSR count). The number of benzene rings is 2. The molecule has 0 N–H and O–H groups in total. The monoisotopic (exact) mass is 459 g/mol. The molecule has 1 heterocycles. The van der Waals surface area contributed by atoms with Gasteiger partial charge in [-0.05, 0) is 12.1 Å². The summed E-state index contributed by atoms with van der Waals surface area (Å²) < 4.78 is 21.1. The minimum Gasteiger partial charge on any atom is -0.493 e. The summed E-state index contributed by atoms with van der Waals surface area (Å²) >= 11 is 0. The van der Waals surface area contributed by atoms with Crippen molar-refractivity contribution in [2.45, 2.75) is 13.1 Å². The Balaban J connectivity index is 1.65. The molecular weight excluding hydrogens is 430 g/mol. The largest absolute Gasteiger partial charge is 0.493 e. The van der Waals surface area contributed by atoms with Crippen LogP contribution in [0.4, 0.5) is 5.69 Å². The van der Waals surface area contributed by atoms with Crippen molar-refractivity contribution < 1.29 is 28.7 Å². The number of piperazine rings is 1. The smallest absolute Gasteiger partial charge is 0.338 e. The molecule has 0 aliphatic carbocycles. The van der Waals surface area contributed by atoms with Gasteiger partial charge >= 0.3 is 5.97 Å². The lowest BCUT2D eigenvalue weighted by Gasteiger charge is -2.35. The molecule has 2 aromatic carbocycles. The van der Waals surface area contributed by atoms with Gasteiger partial charge in [0.25, 0.3) is 5.69 Å². The van der Waals surface area contributed by atoms with Crippen molar-refractivity contribution in [2.24, 2.45) is 0 Å². The minimum atomic E-state index is -0.594. The first-order chi connectivity index (χ1) is 15.9. The number of nitro groups is 1. The van der Waals surface area contributed by atoms with E-state index in [-0.39, 0.29) is 11.3 Å². The number of methoxy groups -OCH3 is 4. The van der Waals surface area contributed by atoms with Gasteiger partial charge in [0.15, 0.2) is 11.5 Å². The van der Waals surface area contributed by atoms with Crippen LogP contribution < -0.4 is 14.2 Å². The number of nitrogens with zero attached hydrogens (tertiary/aromatic N) is 3. The van der Waals surface area contributed by atoms with E-state index in [4.69, 9.17) is 14.2 Å². The van der Waals surface area contributed by atoms with Gasteiger partial charge in [-0.1, -0.05) is 12.1 Å². The summed E-state index contributed by atoms with van der Waals surface area (Å²) in [5, 5.41) is 11.5. The van der Waals surface area contributed by atoms with Crippen LogP contribution in [-0.2, 0) is 17.8 Å². The van der Waals surface area contributed by atoms with E-state index in [1.165, 1.54) is 13.2 Å². The average Bonchev–Trinajstić information content (AvgIpc) is 2.84. The Kier molecular flexibility index (Phi) is 8.07. The Hall–Kier alpha value is -3.37. The van der Waals surface area contributed by atoms with E-state index in [1.54, 1.807) is 33.5 Å². The third-order valence-electron chi connectivity index (χ3n) is 5.74. The molecule has 33 heavy (non-hydrogen) atoms. The van der Waals surface area contributed by atoms with E-state index in [1.807, 2.05) is 12.1 Å². The van der Waals surface area contributed by atoms with Crippen molar-refractivity contribution in [3.05, 3.63) is 57.1 Å². The molecule has 0 atom stereocenters. The molecule has 1 saturated heterocycles. The Labute approximate surface area is 192 Å². The number of rotatable bonds is 9. The molecule has 1 fully saturated rings. The topological polar surface area (TPSA) is 104 Å². The van der Waals surface area contributed by atoms with Crippen LogP contribution in [0.1, 0.15) is 21.5 Å². The number of nitro benzene ring substituents is 1. The van der Waals surface area contributed by atoms with Gasteiger partial charge in [-0.25, -0.2) is 4.79 Å². The molecule has 0 amide bonds. The highest BCUT2D eigenvalue weighted by Crippen LogP contribution is 2.40. The summed E-state index contributed by atoms with van der Waals surface area (Å²) in [6.45, 7) is 4.23. The van der Waals surface area contributed by atoms with Crippen LogP contribution in [0.25, 0.3) is 0 Å². The molecule has 0 spiro atoms. The zero-order valence-corrected chi connectivity index (χ0v) is 19.3. The lowest BCUT2D eigenvalue weighted by Crippen LogP contribution is -2.45. The van der Waals surface area contributed by atoms with Gasteiger partial charge in [-0.2, -0.15) is 0 Å². The molecule has 2 aromatic rings. The molecule has 10 heteroatoms. The van der Waals surface area contributed by atoms with E-state index in [0.29, 0.717) is 35.9 Å². The number of hydrogen-bond donors (Lipinski definition) is 0. The number of esters is 1. The summed E-state index contributed by atoms with van der Waals surface area (Å²) in [4.78, 5) is 27.3. The molecule has 0 aromatic heterocycles. The van der Waals surface area contributed by atoms with Crippen LogP contribution in [-0.4, -0.2) is 75.3 Å². The molecule has 1 aliphatic rings. The number of ether oxygens (including phenoxy) is 4. The average molecular weight is 459 g/mol. The lowest BCUT2D eigenvalue weighted by molar-refractivity contribution is -0.385. The molecule has 0 radical (unpaired) electrons.